The van der Waals surface area contributed by atoms with Gasteiger partial charge in [0.15, 0.2) is 5.60 Å². The van der Waals surface area contributed by atoms with Crippen molar-refractivity contribution in [2.75, 3.05) is 0 Å². The van der Waals surface area contributed by atoms with Gasteiger partial charge in [-0.2, -0.15) is 0 Å². The molecule has 0 atom stereocenters. The first-order chi connectivity index (χ1) is 7.81. The van der Waals surface area contributed by atoms with E-state index in [1.54, 1.807) is 24.3 Å². The number of ether oxygens (including phenoxy) is 1. The summed E-state index contributed by atoms with van der Waals surface area (Å²) in [6, 6.07) is 6.65. The second kappa shape index (κ2) is 4.86. The molecule has 0 saturated heterocycles. The number of amides is 1. The van der Waals surface area contributed by atoms with Crippen LogP contribution in [0.1, 0.15) is 19.4 Å². The van der Waals surface area contributed by atoms with Crippen molar-refractivity contribution in [2.45, 2.75) is 25.9 Å². The molecule has 0 unspecified atom stereocenters. The molecule has 92 valence electrons. The van der Waals surface area contributed by atoms with E-state index >= 15 is 0 Å². The lowest BCUT2D eigenvalue weighted by Crippen LogP contribution is -2.37. The Kier molecular flexibility index (Phi) is 3.73. The predicted octanol–water partition coefficient (Wildman–Crippen LogP) is 0.956. The molecule has 3 N–H and O–H groups in total. The smallest absolute Gasteiger partial charge is 0.347 e. The summed E-state index contributed by atoms with van der Waals surface area (Å²) in [5, 5.41) is 8.92. The van der Waals surface area contributed by atoms with Crippen LogP contribution in [0.4, 0.5) is 0 Å². The van der Waals surface area contributed by atoms with Crippen LogP contribution in [0.25, 0.3) is 0 Å². The molecule has 1 amide bonds. The van der Waals surface area contributed by atoms with Crippen LogP contribution in [-0.2, 0) is 16.0 Å². The van der Waals surface area contributed by atoms with Crippen LogP contribution in [-0.4, -0.2) is 22.6 Å². The highest BCUT2D eigenvalue weighted by molar-refractivity contribution is 5.77. The summed E-state index contributed by atoms with van der Waals surface area (Å²) in [5.41, 5.74) is 4.45. The number of hydrogen-bond acceptors (Lipinski definition) is 3. The van der Waals surface area contributed by atoms with E-state index in [0.717, 1.165) is 0 Å². The van der Waals surface area contributed by atoms with E-state index in [0.29, 0.717) is 11.3 Å². The monoisotopic (exact) mass is 237 g/mol. The van der Waals surface area contributed by atoms with Crippen molar-refractivity contribution in [1.82, 2.24) is 0 Å². The maximum atomic E-state index is 10.9. The largest absolute Gasteiger partial charge is 0.478 e. The van der Waals surface area contributed by atoms with Crippen LogP contribution in [0, 0.1) is 0 Å². The first-order valence-electron chi connectivity index (χ1n) is 5.11. The van der Waals surface area contributed by atoms with Gasteiger partial charge < -0.3 is 15.6 Å². The van der Waals surface area contributed by atoms with Gasteiger partial charge in [-0.25, -0.2) is 4.79 Å². The second-order valence-electron chi connectivity index (χ2n) is 4.21. The average molecular weight is 237 g/mol. The Balaban J connectivity index is 2.85. The second-order valence-corrected chi connectivity index (χ2v) is 4.21. The summed E-state index contributed by atoms with van der Waals surface area (Å²) in [6.45, 7) is 2.91. The molecule has 0 aliphatic heterocycles. The number of aliphatic carboxylic acids is 1. The SMILES string of the molecule is CC(C)(Oc1cccc(CC(N)=O)c1)C(=O)O. The molecule has 17 heavy (non-hydrogen) atoms. The minimum absolute atomic E-state index is 0.102. The number of nitrogens with two attached hydrogens (primary N) is 1. The highest BCUT2D eigenvalue weighted by Crippen LogP contribution is 2.20. The first-order valence-corrected chi connectivity index (χ1v) is 5.11. The highest BCUT2D eigenvalue weighted by Gasteiger charge is 2.29. The van der Waals surface area contributed by atoms with Crippen molar-refractivity contribution in [3.63, 3.8) is 0 Å². The van der Waals surface area contributed by atoms with Gasteiger partial charge in [0.2, 0.25) is 5.91 Å². The maximum absolute atomic E-state index is 10.9. The van der Waals surface area contributed by atoms with Gasteiger partial charge in [0, 0.05) is 0 Å². The van der Waals surface area contributed by atoms with Gasteiger partial charge in [-0.05, 0) is 31.5 Å². The number of carboxylic acids is 1. The molecule has 0 bridgehead atoms. The van der Waals surface area contributed by atoms with E-state index < -0.39 is 17.5 Å². The van der Waals surface area contributed by atoms with Gasteiger partial charge >= 0.3 is 5.97 Å². The van der Waals surface area contributed by atoms with Crippen molar-refractivity contribution in [2.24, 2.45) is 5.73 Å². The number of hydrogen-bond donors (Lipinski definition) is 2. The number of carbonyl (C=O) groups is 2. The van der Waals surface area contributed by atoms with E-state index in [-0.39, 0.29) is 6.42 Å². The van der Waals surface area contributed by atoms with Gasteiger partial charge in [0.25, 0.3) is 0 Å². The van der Waals surface area contributed by atoms with Gasteiger partial charge in [0.05, 0.1) is 6.42 Å². The zero-order chi connectivity index (χ0) is 13.1. The van der Waals surface area contributed by atoms with E-state index in [1.807, 2.05) is 0 Å². The van der Waals surface area contributed by atoms with E-state index in [2.05, 4.69) is 0 Å². The molecule has 0 aliphatic rings. The van der Waals surface area contributed by atoms with Crippen LogP contribution < -0.4 is 10.5 Å². The summed E-state index contributed by atoms with van der Waals surface area (Å²) in [5.74, 6) is -1.10. The molecule has 1 rings (SSSR count). The van der Waals surface area contributed by atoms with Gasteiger partial charge in [-0.1, -0.05) is 12.1 Å². The van der Waals surface area contributed by atoms with Crippen LogP contribution in [0.15, 0.2) is 24.3 Å². The number of benzene rings is 1. The fourth-order valence-electron chi connectivity index (χ4n) is 1.26. The Morgan fingerprint density at radius 2 is 2.06 bits per heavy atom. The van der Waals surface area contributed by atoms with Crippen LogP contribution >= 0.6 is 0 Å². The standard InChI is InChI=1S/C12H15NO4/c1-12(2,11(15)16)17-9-5-3-4-8(6-9)7-10(13)14/h3-6H,7H2,1-2H3,(H2,13,14)(H,15,16). The molecule has 5 heteroatoms. The third kappa shape index (κ3) is 3.79. The van der Waals surface area contributed by atoms with Crippen molar-refractivity contribution in [3.05, 3.63) is 29.8 Å². The minimum Gasteiger partial charge on any atom is -0.478 e. The molecule has 0 radical (unpaired) electrons. The lowest BCUT2D eigenvalue weighted by Gasteiger charge is -2.21. The number of carboxylic acid groups (broad SMARTS) is 1. The van der Waals surface area contributed by atoms with Gasteiger partial charge in [-0.3, -0.25) is 4.79 Å². The highest BCUT2D eigenvalue weighted by atomic mass is 16.5. The molecule has 0 aliphatic carbocycles. The van der Waals surface area contributed by atoms with Gasteiger partial charge in [0.1, 0.15) is 5.75 Å². The normalized spacial score (nSPS) is 10.9. The first kappa shape index (κ1) is 13.0. The van der Waals surface area contributed by atoms with Gasteiger partial charge in [-0.15, -0.1) is 0 Å². The maximum Gasteiger partial charge on any atom is 0.347 e. The quantitative estimate of drug-likeness (QED) is 0.798. The van der Waals surface area contributed by atoms with E-state index in [1.165, 1.54) is 13.8 Å². The molecule has 5 nitrogen and oxygen atoms in total. The molecule has 1 aromatic carbocycles. The summed E-state index contributed by atoms with van der Waals surface area (Å²) in [6.07, 6.45) is 0.102. The summed E-state index contributed by atoms with van der Waals surface area (Å²) in [7, 11) is 0. The zero-order valence-corrected chi connectivity index (χ0v) is 9.77. The molecular weight excluding hydrogens is 222 g/mol. The molecule has 0 heterocycles. The Hall–Kier alpha value is -2.04. The zero-order valence-electron chi connectivity index (χ0n) is 9.77. The molecule has 0 aromatic heterocycles. The third-order valence-electron chi connectivity index (χ3n) is 2.16. The van der Waals surface area contributed by atoms with Crippen molar-refractivity contribution in [3.8, 4) is 5.75 Å². The van der Waals surface area contributed by atoms with Crippen LogP contribution in [0.3, 0.4) is 0 Å². The molecular formula is C12H15NO4. The van der Waals surface area contributed by atoms with Crippen molar-refractivity contribution < 1.29 is 19.4 Å². The third-order valence-corrected chi connectivity index (χ3v) is 2.16. The van der Waals surface area contributed by atoms with Crippen LogP contribution in [0.2, 0.25) is 0 Å². The van der Waals surface area contributed by atoms with Crippen molar-refractivity contribution in [1.29, 1.82) is 0 Å². The predicted molar refractivity (Wildman–Crippen MR) is 61.7 cm³/mol. The summed E-state index contributed by atoms with van der Waals surface area (Å²) >= 11 is 0. The van der Waals surface area contributed by atoms with Crippen molar-refractivity contribution >= 4 is 11.9 Å². The summed E-state index contributed by atoms with van der Waals surface area (Å²) < 4.78 is 5.33. The van der Waals surface area contributed by atoms with E-state index in [9.17, 15) is 9.59 Å². The molecule has 0 saturated carbocycles. The topological polar surface area (TPSA) is 89.6 Å². The fourth-order valence-corrected chi connectivity index (χ4v) is 1.26. The Morgan fingerprint density at radius 1 is 1.41 bits per heavy atom. The Bertz CT molecular complexity index is 440. The van der Waals surface area contributed by atoms with E-state index in [4.69, 9.17) is 15.6 Å². The molecule has 0 fully saturated rings. The molecule has 1 aromatic rings. The fraction of sp³-hybridized carbons (Fsp3) is 0.333. The van der Waals surface area contributed by atoms with Crippen LogP contribution in [0.5, 0.6) is 5.75 Å². The number of rotatable bonds is 5. The summed E-state index contributed by atoms with van der Waals surface area (Å²) in [4.78, 5) is 21.6. The number of primary amides is 1. The average Bonchev–Trinajstić information content (AvgIpc) is 2.15. The Labute approximate surface area is 99.2 Å². The minimum atomic E-state index is -1.31. The lowest BCUT2D eigenvalue weighted by molar-refractivity contribution is -0.152. The number of carbonyl (C=O) groups excluding carboxylic acids is 1. The lowest BCUT2D eigenvalue weighted by atomic mass is 10.1. The molecule has 0 spiro atoms. The Morgan fingerprint density at radius 3 is 2.59 bits per heavy atom.